The van der Waals surface area contributed by atoms with Gasteiger partial charge < -0.3 is 5.73 Å². The highest BCUT2D eigenvalue weighted by Crippen LogP contribution is 2.60. The van der Waals surface area contributed by atoms with Crippen LogP contribution in [0.3, 0.4) is 0 Å². The maximum Gasteiger partial charge on any atom is 0.211 e. The van der Waals surface area contributed by atoms with E-state index in [0.29, 0.717) is 18.7 Å². The van der Waals surface area contributed by atoms with E-state index in [1.165, 1.54) is 44.8 Å². The molecule has 0 unspecified atom stereocenters. The van der Waals surface area contributed by atoms with Gasteiger partial charge in [0.1, 0.15) is 0 Å². The van der Waals surface area contributed by atoms with Gasteiger partial charge in [-0.25, -0.2) is 8.42 Å². The molecule has 4 fully saturated rings. The van der Waals surface area contributed by atoms with Crippen LogP contribution in [0.1, 0.15) is 54.4 Å². The Morgan fingerprint density at radius 2 is 1.59 bits per heavy atom. The van der Waals surface area contributed by atoms with E-state index in [9.17, 15) is 13.2 Å². The molecular formula is C21H30N2O3S. The van der Waals surface area contributed by atoms with Crippen molar-refractivity contribution < 1.29 is 13.2 Å². The van der Waals surface area contributed by atoms with E-state index in [1.54, 1.807) is 16.4 Å². The van der Waals surface area contributed by atoms with Crippen LogP contribution in [0.15, 0.2) is 24.3 Å². The topological polar surface area (TPSA) is 80.5 Å². The van der Waals surface area contributed by atoms with Gasteiger partial charge in [0.05, 0.1) is 12.8 Å². The van der Waals surface area contributed by atoms with E-state index in [-0.39, 0.29) is 17.7 Å². The van der Waals surface area contributed by atoms with Gasteiger partial charge in [0.25, 0.3) is 0 Å². The fourth-order valence-electron chi connectivity index (χ4n) is 6.27. The number of carbonyl (C=O) groups excluding carboxylic acids is 1. The molecule has 4 bridgehead atoms. The van der Waals surface area contributed by atoms with Crippen molar-refractivity contribution in [2.75, 3.05) is 19.3 Å². The van der Waals surface area contributed by atoms with Gasteiger partial charge in [-0.05, 0) is 67.3 Å². The number of hydrogen-bond acceptors (Lipinski definition) is 4. The van der Waals surface area contributed by atoms with E-state index >= 15 is 0 Å². The van der Waals surface area contributed by atoms with Crippen LogP contribution in [0.5, 0.6) is 0 Å². The second-order valence-corrected chi connectivity index (χ2v) is 11.3. The molecule has 5 rings (SSSR count). The SMILES string of the molecule is CS(=O)(=O)N(Cc1ccc(C(=O)CN)cc1)CC12CC3CC(CC(C3)C1)C2. The minimum atomic E-state index is -3.29. The Morgan fingerprint density at radius 3 is 2.04 bits per heavy atom. The molecule has 0 saturated heterocycles. The quantitative estimate of drug-likeness (QED) is 0.726. The van der Waals surface area contributed by atoms with Crippen LogP contribution in [0, 0.1) is 23.2 Å². The van der Waals surface area contributed by atoms with Crippen LogP contribution in [0.2, 0.25) is 0 Å². The predicted octanol–water partition coefficient (Wildman–Crippen LogP) is 2.81. The average molecular weight is 391 g/mol. The second kappa shape index (κ2) is 6.98. The maximum atomic E-state index is 12.5. The minimum Gasteiger partial charge on any atom is -0.324 e. The van der Waals surface area contributed by atoms with Gasteiger partial charge in [0.2, 0.25) is 10.0 Å². The summed E-state index contributed by atoms with van der Waals surface area (Å²) in [4.78, 5) is 11.7. The first-order valence-electron chi connectivity index (χ1n) is 10.0. The molecular weight excluding hydrogens is 360 g/mol. The largest absolute Gasteiger partial charge is 0.324 e. The molecule has 0 aliphatic heterocycles. The van der Waals surface area contributed by atoms with Gasteiger partial charge in [-0.2, -0.15) is 4.31 Å². The Labute approximate surface area is 162 Å². The van der Waals surface area contributed by atoms with Crippen molar-refractivity contribution in [1.29, 1.82) is 0 Å². The van der Waals surface area contributed by atoms with Gasteiger partial charge in [-0.15, -0.1) is 0 Å². The number of nitrogens with two attached hydrogens (primary N) is 1. The molecule has 27 heavy (non-hydrogen) atoms. The van der Waals surface area contributed by atoms with Crippen molar-refractivity contribution in [3.05, 3.63) is 35.4 Å². The molecule has 4 aliphatic rings. The summed E-state index contributed by atoms with van der Waals surface area (Å²) in [5.41, 5.74) is 7.07. The average Bonchev–Trinajstić information content (AvgIpc) is 2.59. The molecule has 0 atom stereocenters. The van der Waals surface area contributed by atoms with Crippen molar-refractivity contribution in [2.24, 2.45) is 28.9 Å². The molecule has 0 spiro atoms. The molecule has 1 aromatic rings. The van der Waals surface area contributed by atoms with E-state index in [2.05, 4.69) is 0 Å². The van der Waals surface area contributed by atoms with Gasteiger partial charge in [-0.3, -0.25) is 4.79 Å². The lowest BCUT2D eigenvalue weighted by molar-refractivity contribution is -0.0607. The summed E-state index contributed by atoms with van der Waals surface area (Å²) in [5.74, 6) is 2.31. The van der Waals surface area contributed by atoms with Crippen LogP contribution in [-0.4, -0.2) is 37.9 Å². The third kappa shape index (κ3) is 3.98. The van der Waals surface area contributed by atoms with Gasteiger partial charge in [0, 0.05) is 18.7 Å². The molecule has 0 amide bonds. The molecule has 1 aromatic carbocycles. The van der Waals surface area contributed by atoms with E-state index in [1.807, 2.05) is 12.1 Å². The molecule has 0 heterocycles. The van der Waals surface area contributed by atoms with Crippen LogP contribution < -0.4 is 5.73 Å². The number of Topliss-reactive ketones (excluding diaryl/α,β-unsaturated/α-hetero) is 1. The lowest BCUT2D eigenvalue weighted by Crippen LogP contribution is -2.51. The maximum absolute atomic E-state index is 12.5. The number of hydrogen-bond donors (Lipinski definition) is 1. The third-order valence-corrected chi connectivity index (χ3v) is 8.16. The smallest absolute Gasteiger partial charge is 0.211 e. The summed E-state index contributed by atoms with van der Waals surface area (Å²) in [5, 5.41) is 0. The monoisotopic (exact) mass is 390 g/mol. The molecule has 5 nitrogen and oxygen atoms in total. The summed E-state index contributed by atoms with van der Waals surface area (Å²) in [6.45, 7) is 0.997. The number of benzene rings is 1. The third-order valence-electron chi connectivity index (χ3n) is 6.97. The first kappa shape index (κ1) is 19.1. The molecule has 4 aliphatic carbocycles. The summed E-state index contributed by atoms with van der Waals surface area (Å²) in [6.07, 6.45) is 8.96. The zero-order valence-corrected chi connectivity index (χ0v) is 16.9. The number of rotatable bonds is 7. The Bertz CT molecular complexity index is 781. The fourth-order valence-corrected chi connectivity index (χ4v) is 7.16. The van der Waals surface area contributed by atoms with Crippen LogP contribution in [0.25, 0.3) is 0 Å². The zero-order chi connectivity index (χ0) is 19.2. The Morgan fingerprint density at radius 1 is 1.07 bits per heavy atom. The predicted molar refractivity (Wildman–Crippen MR) is 106 cm³/mol. The lowest BCUT2D eigenvalue weighted by Gasteiger charge is -2.57. The lowest BCUT2D eigenvalue weighted by atomic mass is 9.49. The van der Waals surface area contributed by atoms with Crippen molar-refractivity contribution in [1.82, 2.24) is 4.31 Å². The van der Waals surface area contributed by atoms with Crippen molar-refractivity contribution in [2.45, 2.75) is 45.1 Å². The minimum absolute atomic E-state index is 0.0131. The highest BCUT2D eigenvalue weighted by atomic mass is 32.2. The second-order valence-electron chi connectivity index (χ2n) is 9.27. The highest BCUT2D eigenvalue weighted by molar-refractivity contribution is 7.88. The number of ketones is 1. The van der Waals surface area contributed by atoms with Crippen molar-refractivity contribution in [3.63, 3.8) is 0 Å². The molecule has 0 aromatic heterocycles. The van der Waals surface area contributed by atoms with Crippen LogP contribution >= 0.6 is 0 Å². The molecule has 6 heteroatoms. The number of carbonyl (C=O) groups is 1. The fraction of sp³-hybridized carbons (Fsp3) is 0.667. The first-order valence-corrected chi connectivity index (χ1v) is 11.9. The van der Waals surface area contributed by atoms with Gasteiger partial charge in [0.15, 0.2) is 5.78 Å². The van der Waals surface area contributed by atoms with Crippen LogP contribution in [0.4, 0.5) is 0 Å². The van der Waals surface area contributed by atoms with Gasteiger partial charge in [-0.1, -0.05) is 24.3 Å². The van der Waals surface area contributed by atoms with Crippen molar-refractivity contribution >= 4 is 15.8 Å². The first-order chi connectivity index (χ1) is 12.8. The summed E-state index contributed by atoms with van der Waals surface area (Å²) in [6, 6.07) is 7.19. The van der Waals surface area contributed by atoms with E-state index < -0.39 is 10.0 Å². The normalized spacial score (nSPS) is 32.2. The molecule has 0 radical (unpaired) electrons. The summed E-state index contributed by atoms with van der Waals surface area (Å²) < 4.78 is 26.7. The molecule has 4 saturated carbocycles. The molecule has 2 N–H and O–H groups in total. The number of sulfonamides is 1. The van der Waals surface area contributed by atoms with E-state index in [4.69, 9.17) is 5.73 Å². The summed E-state index contributed by atoms with van der Waals surface area (Å²) >= 11 is 0. The Balaban J connectivity index is 1.52. The zero-order valence-electron chi connectivity index (χ0n) is 16.1. The summed E-state index contributed by atoms with van der Waals surface area (Å²) in [7, 11) is -3.29. The Kier molecular flexibility index (Phi) is 4.93. The number of nitrogens with zero attached hydrogens (tertiary/aromatic N) is 1. The van der Waals surface area contributed by atoms with E-state index in [0.717, 1.165) is 23.3 Å². The standard InChI is InChI=1S/C21H30N2O3S/c1-27(25,26)23(13-15-2-4-19(5-3-15)20(24)12-22)14-21-9-16-6-17(10-21)8-18(7-16)11-21/h2-5,16-18H,6-14,22H2,1H3. The molecule has 148 valence electrons. The van der Waals surface area contributed by atoms with Gasteiger partial charge >= 0.3 is 0 Å². The van der Waals surface area contributed by atoms with Crippen LogP contribution in [-0.2, 0) is 16.6 Å². The van der Waals surface area contributed by atoms with Crippen molar-refractivity contribution in [3.8, 4) is 0 Å². The highest BCUT2D eigenvalue weighted by Gasteiger charge is 2.51. The Hall–Kier alpha value is -1.24.